The summed E-state index contributed by atoms with van der Waals surface area (Å²) in [7, 11) is 0. The van der Waals surface area contributed by atoms with Crippen molar-refractivity contribution in [3.8, 4) is 0 Å². The Bertz CT molecular complexity index is 61.1. The Morgan fingerprint density at radius 3 is 1.14 bits per heavy atom. The Morgan fingerprint density at radius 1 is 1.14 bits per heavy atom. The first-order chi connectivity index (χ1) is 2.00. The van der Waals surface area contributed by atoms with Gasteiger partial charge in [-0.05, 0) is 0 Å². The van der Waals surface area contributed by atoms with Gasteiger partial charge in [0, 0.05) is 0 Å². The Hall–Kier alpha value is 2.79. The predicted molar refractivity (Wildman–Crippen MR) is 20.0 cm³/mol. The predicted octanol–water partition coefficient (Wildman–Crippen LogP) is -6.08. The second kappa shape index (κ2) is 6.90. The van der Waals surface area contributed by atoms with Gasteiger partial charge in [-0.25, -0.2) is 0 Å². The monoisotopic (exact) mass is 174 g/mol. The molecule has 0 atom stereocenters. The molecule has 0 unspecified atom stereocenters. The molecule has 0 fully saturated rings. The van der Waals surface area contributed by atoms with Crippen molar-refractivity contribution >= 4 is 56.3 Å². The SMILES string of the molecule is [Ca+2].[Na+].[O-]P([O-])([O-])=S. The first kappa shape index (κ1) is 16.4. The molecule has 0 amide bonds. The van der Waals surface area contributed by atoms with Crippen LogP contribution in [0.2, 0.25) is 0 Å². The first-order valence-electron chi connectivity index (χ1n) is 0.730. The molecule has 0 aromatic rings. The summed E-state index contributed by atoms with van der Waals surface area (Å²) in [5.74, 6) is 0. The summed E-state index contributed by atoms with van der Waals surface area (Å²) in [6, 6.07) is 0. The van der Waals surface area contributed by atoms with Crippen molar-refractivity contribution < 1.29 is 44.2 Å². The molecular weight excluding hydrogens is 174 g/mol. The molecule has 0 rings (SSSR count). The van der Waals surface area contributed by atoms with Crippen LogP contribution in [0.4, 0.5) is 0 Å². The zero-order valence-electron chi connectivity index (χ0n) is 3.79. The first-order valence-corrected chi connectivity index (χ1v) is 3.29. The molecule has 3 nitrogen and oxygen atoms in total. The van der Waals surface area contributed by atoms with Crippen LogP contribution in [0.1, 0.15) is 0 Å². The van der Waals surface area contributed by atoms with Gasteiger partial charge < -0.3 is 21.4 Å². The maximum absolute atomic E-state index is 8.92. The molecule has 7 heteroatoms. The van der Waals surface area contributed by atoms with Crippen LogP contribution in [0.15, 0.2) is 0 Å². The van der Waals surface area contributed by atoms with Gasteiger partial charge in [0.2, 0.25) is 0 Å². The fourth-order valence-corrected chi connectivity index (χ4v) is 0. The molecule has 0 spiro atoms. The maximum atomic E-state index is 8.92. The molecule has 0 aliphatic carbocycles. The van der Waals surface area contributed by atoms with E-state index in [1.165, 1.54) is 0 Å². The van der Waals surface area contributed by atoms with E-state index < -0.39 is 6.72 Å². The van der Waals surface area contributed by atoms with Crippen LogP contribution in [-0.2, 0) is 11.8 Å². The third-order valence-electron chi connectivity index (χ3n) is 0. The fourth-order valence-electron chi connectivity index (χ4n) is 0. The minimum absolute atomic E-state index is 0. The second-order valence-corrected chi connectivity index (χ2v) is 2.68. The summed E-state index contributed by atoms with van der Waals surface area (Å²) in [5, 5.41) is 0. The summed E-state index contributed by atoms with van der Waals surface area (Å²) in [6.07, 6.45) is 0. The van der Waals surface area contributed by atoms with E-state index in [1.54, 1.807) is 0 Å². The number of hydrogen-bond donors (Lipinski definition) is 0. The van der Waals surface area contributed by atoms with Gasteiger partial charge in [-0.1, -0.05) is 0 Å². The van der Waals surface area contributed by atoms with E-state index in [-0.39, 0.29) is 67.3 Å². The van der Waals surface area contributed by atoms with Crippen molar-refractivity contribution in [2.75, 3.05) is 0 Å². The van der Waals surface area contributed by atoms with Crippen molar-refractivity contribution in [2.24, 2.45) is 0 Å². The number of rotatable bonds is 0. The number of hydrogen-bond acceptors (Lipinski definition) is 4. The van der Waals surface area contributed by atoms with E-state index >= 15 is 0 Å². The smallest absolute Gasteiger partial charge is 0.844 e. The molecule has 32 valence electrons. The van der Waals surface area contributed by atoms with Crippen LogP contribution in [0, 0.1) is 0 Å². The third kappa shape index (κ3) is 52.1. The fraction of sp³-hybridized carbons (Fsp3) is 0. The van der Waals surface area contributed by atoms with Gasteiger partial charge in [0.15, 0.2) is 0 Å². The standard InChI is InChI=1S/Ca.Na.H3O3PS/c;;1-4(2,3)5/h;;(H3,1,2,3,5)/q+2;+1;/p-3. The van der Waals surface area contributed by atoms with Crippen molar-refractivity contribution in [3.63, 3.8) is 0 Å². The van der Waals surface area contributed by atoms with Gasteiger partial charge in [-0.15, -0.1) is 0 Å². The Morgan fingerprint density at radius 2 is 1.14 bits per heavy atom. The molecule has 0 saturated heterocycles. The van der Waals surface area contributed by atoms with Gasteiger partial charge in [-0.2, -0.15) is 11.8 Å². The Balaban J connectivity index is -0.0000000800. The summed E-state index contributed by atoms with van der Waals surface area (Å²) >= 11 is 3.27. The summed E-state index contributed by atoms with van der Waals surface area (Å²) in [6.45, 7) is -4.56. The second-order valence-electron chi connectivity index (χ2n) is 0.447. The Labute approximate surface area is 98.7 Å². The normalized spacial score (nSPS) is 8.43. The molecule has 0 heterocycles. The van der Waals surface area contributed by atoms with Crippen LogP contribution in [0.3, 0.4) is 0 Å². The van der Waals surface area contributed by atoms with E-state index in [2.05, 4.69) is 11.8 Å². The van der Waals surface area contributed by atoms with Crippen LogP contribution < -0.4 is 44.2 Å². The van der Waals surface area contributed by atoms with E-state index in [0.29, 0.717) is 0 Å². The topological polar surface area (TPSA) is 69.2 Å². The summed E-state index contributed by atoms with van der Waals surface area (Å²) in [5.41, 5.74) is 0. The van der Waals surface area contributed by atoms with Gasteiger partial charge in [-0.3, -0.25) is 0 Å². The van der Waals surface area contributed by atoms with E-state index in [1.807, 2.05) is 0 Å². The third-order valence-corrected chi connectivity index (χ3v) is 0. The van der Waals surface area contributed by atoms with Gasteiger partial charge in [0.25, 0.3) is 0 Å². The molecule has 0 saturated carbocycles. The van der Waals surface area contributed by atoms with Gasteiger partial charge >= 0.3 is 67.3 Å². The van der Waals surface area contributed by atoms with Gasteiger partial charge in [0.1, 0.15) is 0 Å². The molecule has 0 radical (unpaired) electrons. The zero-order valence-corrected chi connectivity index (χ0v) is 9.71. The quantitative estimate of drug-likeness (QED) is 0.271. The molecule has 0 aromatic carbocycles. The summed E-state index contributed by atoms with van der Waals surface area (Å²) in [4.78, 5) is 26.8. The van der Waals surface area contributed by atoms with Gasteiger partial charge in [0.05, 0.1) is 0 Å². The maximum Gasteiger partial charge on any atom is 2.00 e. The average molecular weight is 174 g/mol. The minimum Gasteiger partial charge on any atom is -0.844 e. The van der Waals surface area contributed by atoms with Crippen LogP contribution in [0.5, 0.6) is 0 Å². The van der Waals surface area contributed by atoms with E-state index in [0.717, 1.165) is 0 Å². The van der Waals surface area contributed by atoms with Crippen LogP contribution in [-0.4, -0.2) is 37.7 Å². The molecule has 0 N–H and O–H groups in total. The van der Waals surface area contributed by atoms with Crippen molar-refractivity contribution in [1.82, 2.24) is 0 Å². The molecule has 0 aromatic heterocycles. The van der Waals surface area contributed by atoms with Crippen molar-refractivity contribution in [1.29, 1.82) is 0 Å². The van der Waals surface area contributed by atoms with E-state index in [9.17, 15) is 0 Å². The minimum atomic E-state index is -4.56. The van der Waals surface area contributed by atoms with Crippen LogP contribution >= 0.6 is 6.72 Å². The van der Waals surface area contributed by atoms with Crippen LogP contribution in [0.25, 0.3) is 0 Å². The average Bonchev–Trinajstić information content (AvgIpc) is 0.722. The van der Waals surface area contributed by atoms with Crippen molar-refractivity contribution in [2.45, 2.75) is 0 Å². The molecule has 0 bridgehead atoms. The Kier molecular flexibility index (Phi) is 16.2. The zero-order chi connectivity index (χ0) is 4.50. The molecule has 7 heavy (non-hydrogen) atoms. The molecular formula is CaNaO3PS. The molecule has 0 aliphatic heterocycles. The van der Waals surface area contributed by atoms with E-state index in [4.69, 9.17) is 14.7 Å². The van der Waals surface area contributed by atoms with Crippen molar-refractivity contribution in [3.05, 3.63) is 0 Å². The summed E-state index contributed by atoms with van der Waals surface area (Å²) < 4.78 is 0. The molecule has 0 aliphatic rings. The largest absolute Gasteiger partial charge is 2.00 e.